The number of nitrogens with one attached hydrogen (secondary N) is 1. The van der Waals surface area contributed by atoms with Gasteiger partial charge in [0.2, 0.25) is 11.7 Å². The van der Waals surface area contributed by atoms with Crippen LogP contribution in [0, 0.1) is 0 Å². The van der Waals surface area contributed by atoms with Crippen LogP contribution in [0.4, 0.5) is 5.82 Å². The van der Waals surface area contributed by atoms with E-state index in [0.717, 1.165) is 0 Å². The molecule has 1 aromatic rings. The summed E-state index contributed by atoms with van der Waals surface area (Å²) >= 11 is 0. The Labute approximate surface area is 85.7 Å². The van der Waals surface area contributed by atoms with Crippen LogP contribution in [0.2, 0.25) is 0 Å². The number of carbonyl (C=O) groups is 2. The first-order valence-corrected chi connectivity index (χ1v) is 4.07. The van der Waals surface area contributed by atoms with Crippen molar-refractivity contribution in [3.63, 3.8) is 0 Å². The topological polar surface area (TPSA) is 107 Å². The van der Waals surface area contributed by atoms with Gasteiger partial charge in [0.25, 0.3) is 0 Å². The first kappa shape index (κ1) is 10.9. The monoisotopic (exact) mass is 210 g/mol. The Bertz CT molecular complexity index is 380. The minimum atomic E-state index is -0.641. The molecule has 15 heavy (non-hydrogen) atoms. The van der Waals surface area contributed by atoms with Gasteiger partial charge in [-0.25, -0.2) is 14.8 Å². The highest BCUT2D eigenvalue weighted by Crippen LogP contribution is 2.01. The molecule has 7 heteroatoms. The third-order valence-corrected chi connectivity index (χ3v) is 1.47. The molecule has 0 aromatic carbocycles. The van der Waals surface area contributed by atoms with Crippen molar-refractivity contribution in [3.05, 3.63) is 18.1 Å². The molecule has 0 radical (unpaired) electrons. The molecule has 0 atom stereocenters. The second-order valence-corrected chi connectivity index (χ2v) is 2.58. The minimum absolute atomic E-state index is 0.0579. The van der Waals surface area contributed by atoms with E-state index in [1.165, 1.54) is 19.4 Å². The molecule has 0 spiro atoms. The second-order valence-electron chi connectivity index (χ2n) is 2.58. The number of aromatic nitrogens is 2. The number of carbonyl (C=O) groups excluding carboxylic acids is 2. The van der Waals surface area contributed by atoms with Gasteiger partial charge in [0.15, 0.2) is 0 Å². The molecule has 0 fully saturated rings. The summed E-state index contributed by atoms with van der Waals surface area (Å²) in [6, 6.07) is 1.51. The van der Waals surface area contributed by atoms with Crippen molar-refractivity contribution >= 4 is 17.7 Å². The first-order valence-electron chi connectivity index (χ1n) is 4.07. The Balaban J connectivity index is 2.74. The molecule has 0 unspecified atom stereocenters. The predicted octanol–water partition coefficient (Wildman–Crippen LogP) is -0.840. The second kappa shape index (κ2) is 4.89. The van der Waals surface area contributed by atoms with Crippen LogP contribution in [0.5, 0.6) is 0 Å². The normalized spacial score (nSPS) is 9.40. The van der Waals surface area contributed by atoms with Crippen molar-refractivity contribution in [1.82, 2.24) is 9.97 Å². The summed E-state index contributed by atoms with van der Waals surface area (Å²) < 4.78 is 4.43. The maximum absolute atomic E-state index is 11.0. The molecule has 7 nitrogen and oxygen atoms in total. The number of rotatable bonds is 4. The third-order valence-electron chi connectivity index (χ3n) is 1.47. The van der Waals surface area contributed by atoms with Crippen molar-refractivity contribution in [2.75, 3.05) is 19.0 Å². The van der Waals surface area contributed by atoms with Crippen LogP contribution < -0.4 is 11.1 Å². The molecule has 0 bridgehead atoms. The Kier molecular flexibility index (Phi) is 3.55. The molecule has 0 aliphatic carbocycles. The molecular weight excluding hydrogens is 200 g/mol. The van der Waals surface area contributed by atoms with E-state index in [2.05, 4.69) is 20.0 Å². The van der Waals surface area contributed by atoms with Crippen LogP contribution in [0.15, 0.2) is 12.3 Å². The number of nitrogens with zero attached hydrogens (tertiary/aromatic N) is 2. The SMILES string of the molecule is COC(=O)c1nccc(NCC(N)=O)n1. The van der Waals surface area contributed by atoms with Crippen LogP contribution in [0.25, 0.3) is 0 Å². The van der Waals surface area contributed by atoms with Crippen LogP contribution in [0.1, 0.15) is 10.6 Å². The van der Waals surface area contributed by atoms with Gasteiger partial charge in [-0.15, -0.1) is 0 Å². The number of nitrogens with two attached hydrogens (primary N) is 1. The van der Waals surface area contributed by atoms with Gasteiger partial charge in [-0.3, -0.25) is 4.79 Å². The third kappa shape index (κ3) is 3.22. The Morgan fingerprint density at radius 2 is 2.33 bits per heavy atom. The van der Waals surface area contributed by atoms with E-state index in [1.807, 2.05) is 0 Å². The number of methoxy groups -OCH3 is 1. The van der Waals surface area contributed by atoms with Crippen LogP contribution in [-0.2, 0) is 9.53 Å². The fourth-order valence-corrected chi connectivity index (χ4v) is 0.824. The Hall–Kier alpha value is -2.18. The number of esters is 1. The lowest BCUT2D eigenvalue weighted by Gasteiger charge is -2.03. The minimum Gasteiger partial charge on any atom is -0.463 e. The van der Waals surface area contributed by atoms with E-state index < -0.39 is 11.9 Å². The average Bonchev–Trinajstić information content (AvgIpc) is 2.25. The van der Waals surface area contributed by atoms with Gasteiger partial charge >= 0.3 is 5.97 Å². The van der Waals surface area contributed by atoms with E-state index >= 15 is 0 Å². The summed E-state index contributed by atoms with van der Waals surface area (Å²) in [7, 11) is 1.23. The molecule has 0 aliphatic heterocycles. The van der Waals surface area contributed by atoms with Gasteiger partial charge in [0.1, 0.15) is 5.82 Å². The first-order chi connectivity index (χ1) is 7.13. The summed E-state index contributed by atoms with van der Waals surface area (Å²) in [6.45, 7) is -0.0579. The summed E-state index contributed by atoms with van der Waals surface area (Å²) in [6.07, 6.45) is 1.38. The number of anilines is 1. The zero-order valence-electron chi connectivity index (χ0n) is 8.06. The lowest BCUT2D eigenvalue weighted by Crippen LogP contribution is -2.22. The molecule has 80 valence electrons. The van der Waals surface area contributed by atoms with Gasteiger partial charge in [-0.1, -0.05) is 0 Å². The molecule has 3 N–H and O–H groups in total. The number of amides is 1. The summed E-state index contributed by atoms with van der Waals surface area (Å²) in [5.74, 6) is -0.901. The molecule has 0 saturated carbocycles. The van der Waals surface area contributed by atoms with Gasteiger partial charge in [-0.2, -0.15) is 0 Å². The Morgan fingerprint density at radius 3 is 2.93 bits per heavy atom. The zero-order valence-corrected chi connectivity index (χ0v) is 8.06. The van der Waals surface area contributed by atoms with Crippen LogP contribution in [0.3, 0.4) is 0 Å². The predicted molar refractivity (Wildman–Crippen MR) is 51.1 cm³/mol. The number of hydrogen-bond donors (Lipinski definition) is 2. The fraction of sp³-hybridized carbons (Fsp3) is 0.250. The molecule has 1 amide bonds. The number of hydrogen-bond acceptors (Lipinski definition) is 6. The van der Waals surface area contributed by atoms with Gasteiger partial charge in [0, 0.05) is 6.20 Å². The average molecular weight is 210 g/mol. The van der Waals surface area contributed by atoms with Gasteiger partial charge in [-0.05, 0) is 6.07 Å². The van der Waals surface area contributed by atoms with Crippen molar-refractivity contribution in [2.24, 2.45) is 5.73 Å². The molecule has 0 saturated heterocycles. The maximum atomic E-state index is 11.0. The smallest absolute Gasteiger partial charge is 0.376 e. The zero-order chi connectivity index (χ0) is 11.3. The molecule has 1 rings (SSSR count). The highest BCUT2D eigenvalue weighted by atomic mass is 16.5. The van der Waals surface area contributed by atoms with E-state index in [9.17, 15) is 9.59 Å². The summed E-state index contributed by atoms with van der Waals surface area (Å²) in [4.78, 5) is 29.0. The van der Waals surface area contributed by atoms with Crippen molar-refractivity contribution in [2.45, 2.75) is 0 Å². The standard InChI is InChI=1S/C8H10N4O3/c1-15-8(14)7-10-3-2-6(12-7)11-4-5(9)13/h2-3H,4H2,1H3,(H2,9,13)(H,10,11,12). The lowest BCUT2D eigenvalue weighted by atomic mass is 10.5. The highest BCUT2D eigenvalue weighted by Gasteiger charge is 2.09. The van der Waals surface area contributed by atoms with Gasteiger partial charge in [0.05, 0.1) is 13.7 Å². The summed E-state index contributed by atoms with van der Waals surface area (Å²) in [5.41, 5.74) is 4.93. The van der Waals surface area contributed by atoms with E-state index in [0.29, 0.717) is 5.82 Å². The van der Waals surface area contributed by atoms with E-state index in [-0.39, 0.29) is 12.4 Å². The van der Waals surface area contributed by atoms with Crippen molar-refractivity contribution in [1.29, 1.82) is 0 Å². The quantitative estimate of drug-likeness (QED) is 0.627. The largest absolute Gasteiger partial charge is 0.463 e. The Morgan fingerprint density at radius 1 is 1.60 bits per heavy atom. The number of primary amides is 1. The fourth-order valence-electron chi connectivity index (χ4n) is 0.824. The van der Waals surface area contributed by atoms with Crippen LogP contribution >= 0.6 is 0 Å². The highest BCUT2D eigenvalue weighted by molar-refractivity contribution is 5.85. The maximum Gasteiger partial charge on any atom is 0.376 e. The number of ether oxygens (including phenoxy) is 1. The molecule has 1 aromatic heterocycles. The molecule has 1 heterocycles. The van der Waals surface area contributed by atoms with Crippen molar-refractivity contribution < 1.29 is 14.3 Å². The van der Waals surface area contributed by atoms with E-state index in [4.69, 9.17) is 5.73 Å². The molecular formula is C8H10N4O3. The lowest BCUT2D eigenvalue weighted by molar-refractivity contribution is -0.116. The van der Waals surface area contributed by atoms with Crippen molar-refractivity contribution in [3.8, 4) is 0 Å². The molecule has 0 aliphatic rings. The van der Waals surface area contributed by atoms with Gasteiger partial charge < -0.3 is 15.8 Å². The van der Waals surface area contributed by atoms with E-state index in [1.54, 1.807) is 0 Å². The summed E-state index contributed by atoms with van der Waals surface area (Å²) in [5, 5.41) is 2.63. The van der Waals surface area contributed by atoms with Crippen LogP contribution in [-0.4, -0.2) is 35.5 Å².